The Balaban J connectivity index is 3.46. The first-order valence-corrected chi connectivity index (χ1v) is 6.51. The first-order valence-electron chi connectivity index (χ1n) is 6.51. The second-order valence-electron chi connectivity index (χ2n) is 4.93. The molecule has 0 aromatic heterocycles. The molecule has 15 heavy (non-hydrogen) atoms. The molecular weight excluding hydrogens is 184 g/mol. The molecule has 1 unspecified atom stereocenters. The first kappa shape index (κ1) is 14.9. The van der Waals surface area contributed by atoms with E-state index in [1.54, 1.807) is 0 Å². The summed E-state index contributed by atoms with van der Waals surface area (Å²) in [5, 5.41) is 3.47. The van der Waals surface area contributed by atoms with Crippen molar-refractivity contribution in [1.82, 2.24) is 10.2 Å². The van der Waals surface area contributed by atoms with Gasteiger partial charge in [0.15, 0.2) is 0 Å². The van der Waals surface area contributed by atoms with Crippen molar-refractivity contribution in [3.05, 3.63) is 0 Å². The largest absolute Gasteiger partial charge is 0.314 e. The first-order chi connectivity index (χ1) is 7.07. The lowest BCUT2D eigenvalue weighted by Crippen LogP contribution is -2.34. The summed E-state index contributed by atoms with van der Waals surface area (Å²) in [6, 6.07) is 1.32. The second-order valence-corrected chi connectivity index (χ2v) is 4.93. The molecule has 92 valence electrons. The number of hydrogen-bond acceptors (Lipinski definition) is 2. The van der Waals surface area contributed by atoms with Gasteiger partial charge in [0.25, 0.3) is 0 Å². The molecule has 0 aromatic rings. The van der Waals surface area contributed by atoms with Crippen LogP contribution in [0, 0.1) is 0 Å². The topological polar surface area (TPSA) is 15.3 Å². The minimum Gasteiger partial charge on any atom is -0.314 e. The zero-order chi connectivity index (χ0) is 11.7. The van der Waals surface area contributed by atoms with Crippen LogP contribution < -0.4 is 5.32 Å². The fraction of sp³-hybridized carbons (Fsp3) is 1.00. The third kappa shape index (κ3) is 8.88. The molecule has 0 saturated carbocycles. The summed E-state index contributed by atoms with van der Waals surface area (Å²) in [7, 11) is 2.25. The van der Waals surface area contributed by atoms with Gasteiger partial charge >= 0.3 is 0 Å². The van der Waals surface area contributed by atoms with Crippen LogP contribution in [0.2, 0.25) is 0 Å². The maximum atomic E-state index is 3.47. The molecule has 0 saturated heterocycles. The van der Waals surface area contributed by atoms with Gasteiger partial charge in [0, 0.05) is 12.1 Å². The summed E-state index contributed by atoms with van der Waals surface area (Å²) in [5.74, 6) is 0. The minimum atomic E-state index is 0.614. The Hall–Kier alpha value is -0.0800. The fourth-order valence-corrected chi connectivity index (χ4v) is 1.63. The Morgan fingerprint density at radius 2 is 1.80 bits per heavy atom. The van der Waals surface area contributed by atoms with Gasteiger partial charge in [0.05, 0.1) is 0 Å². The van der Waals surface area contributed by atoms with Gasteiger partial charge in [-0.2, -0.15) is 0 Å². The van der Waals surface area contributed by atoms with Gasteiger partial charge in [0.2, 0.25) is 0 Å². The standard InChI is InChI=1S/C13H30N2/c1-6-7-8-11-15(5)13(4)9-10-14-12(2)3/h12-14H,6-11H2,1-5H3. The predicted molar refractivity (Wildman–Crippen MR) is 69.4 cm³/mol. The Morgan fingerprint density at radius 1 is 1.13 bits per heavy atom. The maximum Gasteiger partial charge on any atom is 0.00759 e. The highest BCUT2D eigenvalue weighted by Crippen LogP contribution is 2.03. The number of rotatable bonds is 9. The maximum absolute atomic E-state index is 3.47. The average Bonchev–Trinajstić information content (AvgIpc) is 2.17. The Kier molecular flexibility index (Phi) is 9.12. The van der Waals surface area contributed by atoms with E-state index in [1.807, 2.05) is 0 Å². The van der Waals surface area contributed by atoms with Crippen molar-refractivity contribution in [2.24, 2.45) is 0 Å². The highest BCUT2D eigenvalue weighted by atomic mass is 15.1. The summed E-state index contributed by atoms with van der Waals surface area (Å²) in [6.07, 6.45) is 5.27. The molecule has 0 aliphatic rings. The van der Waals surface area contributed by atoms with Gasteiger partial charge in [-0.15, -0.1) is 0 Å². The Morgan fingerprint density at radius 3 is 2.33 bits per heavy atom. The van der Waals surface area contributed by atoms with Crippen LogP contribution in [0.15, 0.2) is 0 Å². The third-order valence-electron chi connectivity index (χ3n) is 2.98. The summed E-state index contributed by atoms with van der Waals surface area (Å²) in [4.78, 5) is 2.48. The molecule has 0 heterocycles. The van der Waals surface area contributed by atoms with Gasteiger partial charge < -0.3 is 10.2 Å². The smallest absolute Gasteiger partial charge is 0.00759 e. The van der Waals surface area contributed by atoms with Crippen molar-refractivity contribution in [3.63, 3.8) is 0 Å². The van der Waals surface area contributed by atoms with E-state index < -0.39 is 0 Å². The Bertz CT molecular complexity index is 134. The third-order valence-corrected chi connectivity index (χ3v) is 2.98. The monoisotopic (exact) mass is 214 g/mol. The van der Waals surface area contributed by atoms with E-state index in [4.69, 9.17) is 0 Å². The van der Waals surface area contributed by atoms with E-state index in [0.717, 1.165) is 6.54 Å². The molecule has 0 fully saturated rings. The molecular formula is C13H30N2. The zero-order valence-corrected chi connectivity index (χ0v) is 11.3. The van der Waals surface area contributed by atoms with Crippen LogP contribution in [0.3, 0.4) is 0 Å². The molecule has 0 rings (SSSR count). The van der Waals surface area contributed by atoms with E-state index >= 15 is 0 Å². The quantitative estimate of drug-likeness (QED) is 0.594. The fourth-order valence-electron chi connectivity index (χ4n) is 1.63. The molecule has 0 aliphatic heterocycles. The van der Waals surface area contributed by atoms with Crippen molar-refractivity contribution >= 4 is 0 Å². The van der Waals surface area contributed by atoms with Crippen LogP contribution in [0.5, 0.6) is 0 Å². The molecule has 0 bridgehead atoms. The number of hydrogen-bond donors (Lipinski definition) is 1. The van der Waals surface area contributed by atoms with Gasteiger partial charge in [-0.05, 0) is 39.9 Å². The van der Waals surface area contributed by atoms with Crippen molar-refractivity contribution in [1.29, 1.82) is 0 Å². The summed E-state index contributed by atoms with van der Waals surface area (Å²) < 4.78 is 0. The van der Waals surface area contributed by atoms with Crippen LogP contribution in [-0.2, 0) is 0 Å². The molecule has 0 radical (unpaired) electrons. The number of nitrogens with one attached hydrogen (secondary N) is 1. The summed E-state index contributed by atoms with van der Waals surface area (Å²) in [5.41, 5.74) is 0. The molecule has 2 nitrogen and oxygen atoms in total. The normalized spacial score (nSPS) is 13.8. The van der Waals surface area contributed by atoms with Gasteiger partial charge in [-0.25, -0.2) is 0 Å². The van der Waals surface area contributed by atoms with Gasteiger partial charge in [-0.1, -0.05) is 33.6 Å². The van der Waals surface area contributed by atoms with Gasteiger partial charge in [0.1, 0.15) is 0 Å². The Labute approximate surface area is 96.4 Å². The van der Waals surface area contributed by atoms with E-state index in [1.165, 1.54) is 32.2 Å². The van der Waals surface area contributed by atoms with Crippen LogP contribution in [0.25, 0.3) is 0 Å². The van der Waals surface area contributed by atoms with Crippen molar-refractivity contribution in [2.75, 3.05) is 20.1 Å². The molecule has 2 heteroatoms. The van der Waals surface area contributed by atoms with E-state index in [0.29, 0.717) is 12.1 Å². The SMILES string of the molecule is CCCCCN(C)C(C)CCNC(C)C. The minimum absolute atomic E-state index is 0.614. The molecule has 0 amide bonds. The molecule has 1 N–H and O–H groups in total. The van der Waals surface area contributed by atoms with Crippen LogP contribution >= 0.6 is 0 Å². The van der Waals surface area contributed by atoms with Crippen LogP contribution in [0.4, 0.5) is 0 Å². The molecule has 0 spiro atoms. The highest BCUT2D eigenvalue weighted by Gasteiger charge is 2.07. The number of unbranched alkanes of at least 4 members (excludes halogenated alkanes) is 2. The highest BCUT2D eigenvalue weighted by molar-refractivity contribution is 4.65. The predicted octanol–water partition coefficient (Wildman–Crippen LogP) is 2.89. The lowest BCUT2D eigenvalue weighted by atomic mass is 10.2. The van der Waals surface area contributed by atoms with Crippen molar-refractivity contribution in [2.45, 2.75) is 65.5 Å². The van der Waals surface area contributed by atoms with Gasteiger partial charge in [-0.3, -0.25) is 0 Å². The van der Waals surface area contributed by atoms with Crippen LogP contribution in [-0.4, -0.2) is 37.1 Å². The van der Waals surface area contributed by atoms with E-state index in [9.17, 15) is 0 Å². The van der Waals surface area contributed by atoms with Crippen molar-refractivity contribution < 1.29 is 0 Å². The van der Waals surface area contributed by atoms with E-state index in [-0.39, 0.29) is 0 Å². The summed E-state index contributed by atoms with van der Waals surface area (Å²) in [6.45, 7) is 11.4. The molecule has 0 aliphatic carbocycles. The van der Waals surface area contributed by atoms with E-state index in [2.05, 4.69) is 45.0 Å². The molecule has 1 atom stereocenters. The van der Waals surface area contributed by atoms with Crippen LogP contribution in [0.1, 0.15) is 53.4 Å². The summed E-state index contributed by atoms with van der Waals surface area (Å²) >= 11 is 0. The second kappa shape index (κ2) is 9.17. The van der Waals surface area contributed by atoms with Crippen molar-refractivity contribution in [3.8, 4) is 0 Å². The lowest BCUT2D eigenvalue weighted by Gasteiger charge is -2.25. The lowest BCUT2D eigenvalue weighted by molar-refractivity contribution is 0.238. The zero-order valence-electron chi connectivity index (χ0n) is 11.3. The number of nitrogens with zero attached hydrogens (tertiary/aromatic N) is 1. The average molecular weight is 214 g/mol. The molecule has 0 aromatic carbocycles.